The first-order valence-electron chi connectivity index (χ1n) is 4.10. The number of aromatic nitrogens is 2. The highest BCUT2D eigenvalue weighted by Gasteiger charge is 2.06. The molecule has 0 aliphatic heterocycles. The van der Waals surface area contributed by atoms with E-state index in [2.05, 4.69) is 15.5 Å². The van der Waals surface area contributed by atoms with Gasteiger partial charge in [-0.3, -0.25) is 0 Å². The maximum Gasteiger partial charge on any atom is 0.315 e. The molecule has 5 heteroatoms. The molecule has 0 aliphatic rings. The van der Waals surface area contributed by atoms with Crippen LogP contribution in [0.1, 0.15) is 0 Å². The number of rotatable bonds is 2. The van der Waals surface area contributed by atoms with Crippen molar-refractivity contribution in [2.24, 2.45) is 0 Å². The van der Waals surface area contributed by atoms with Crippen LogP contribution in [0.5, 0.6) is 5.75 Å². The van der Waals surface area contributed by atoms with E-state index in [9.17, 15) is 0 Å². The van der Waals surface area contributed by atoms with Crippen LogP contribution in [0.3, 0.4) is 0 Å². The van der Waals surface area contributed by atoms with Gasteiger partial charge in [-0.1, -0.05) is 5.10 Å². The molecule has 5 nitrogen and oxygen atoms in total. The maximum atomic E-state index is 9.08. The number of hydrogen-bond donors (Lipinski definition) is 2. The van der Waals surface area contributed by atoms with Crippen LogP contribution in [0.25, 0.3) is 11.5 Å². The molecule has 0 spiro atoms. The summed E-state index contributed by atoms with van der Waals surface area (Å²) in [5.74, 6) is 0.636. The maximum absolute atomic E-state index is 9.08. The van der Waals surface area contributed by atoms with Gasteiger partial charge in [0, 0.05) is 12.6 Å². The summed E-state index contributed by atoms with van der Waals surface area (Å²) in [6.45, 7) is 0. The highest BCUT2D eigenvalue weighted by atomic mass is 16.4. The fraction of sp³-hybridized carbons (Fsp3) is 0.111. The second-order valence-corrected chi connectivity index (χ2v) is 2.71. The van der Waals surface area contributed by atoms with Crippen LogP contribution >= 0.6 is 0 Å². The summed E-state index contributed by atoms with van der Waals surface area (Å²) < 4.78 is 5.24. The van der Waals surface area contributed by atoms with E-state index in [1.807, 2.05) is 0 Å². The topological polar surface area (TPSA) is 71.2 Å². The molecule has 0 fully saturated rings. The van der Waals surface area contributed by atoms with E-state index in [1.165, 1.54) is 0 Å². The molecule has 2 N–H and O–H groups in total. The fourth-order valence-electron chi connectivity index (χ4n) is 1.04. The van der Waals surface area contributed by atoms with Gasteiger partial charge in [0.15, 0.2) is 0 Å². The smallest absolute Gasteiger partial charge is 0.315 e. The largest absolute Gasteiger partial charge is 0.508 e. The summed E-state index contributed by atoms with van der Waals surface area (Å²) in [5.41, 5.74) is 0.775. The lowest BCUT2D eigenvalue weighted by Crippen LogP contribution is -1.85. The minimum Gasteiger partial charge on any atom is -0.508 e. The number of hydrogen-bond acceptors (Lipinski definition) is 5. The number of phenols is 1. The van der Waals surface area contributed by atoms with Gasteiger partial charge in [0.05, 0.1) is 0 Å². The number of anilines is 1. The zero-order valence-electron chi connectivity index (χ0n) is 7.56. The monoisotopic (exact) mass is 191 g/mol. The van der Waals surface area contributed by atoms with Crippen LogP contribution < -0.4 is 5.32 Å². The van der Waals surface area contributed by atoms with Gasteiger partial charge in [0.25, 0.3) is 0 Å². The van der Waals surface area contributed by atoms with Crippen molar-refractivity contribution < 1.29 is 9.52 Å². The third-order valence-electron chi connectivity index (χ3n) is 1.75. The second kappa shape index (κ2) is 3.37. The van der Waals surface area contributed by atoms with Crippen molar-refractivity contribution in [3.05, 3.63) is 24.3 Å². The van der Waals surface area contributed by atoms with E-state index in [4.69, 9.17) is 9.52 Å². The molecule has 0 saturated heterocycles. The molecular formula is C9H9N3O2. The Hall–Kier alpha value is -2.04. The third-order valence-corrected chi connectivity index (χ3v) is 1.75. The van der Waals surface area contributed by atoms with E-state index < -0.39 is 0 Å². The van der Waals surface area contributed by atoms with Crippen molar-refractivity contribution in [1.29, 1.82) is 0 Å². The normalized spacial score (nSPS) is 10.1. The van der Waals surface area contributed by atoms with Crippen LogP contribution in [0.4, 0.5) is 6.01 Å². The first-order valence-corrected chi connectivity index (χ1v) is 4.10. The van der Waals surface area contributed by atoms with Gasteiger partial charge < -0.3 is 14.8 Å². The summed E-state index contributed by atoms with van der Waals surface area (Å²) in [5, 5.41) is 19.4. The van der Waals surface area contributed by atoms with Crippen molar-refractivity contribution in [2.75, 3.05) is 12.4 Å². The summed E-state index contributed by atoms with van der Waals surface area (Å²) in [6.07, 6.45) is 0. The van der Waals surface area contributed by atoms with Gasteiger partial charge in [0.1, 0.15) is 5.75 Å². The van der Waals surface area contributed by atoms with Crippen molar-refractivity contribution >= 4 is 6.01 Å². The van der Waals surface area contributed by atoms with E-state index in [-0.39, 0.29) is 5.75 Å². The van der Waals surface area contributed by atoms with E-state index in [0.29, 0.717) is 11.9 Å². The van der Waals surface area contributed by atoms with Crippen molar-refractivity contribution in [2.45, 2.75) is 0 Å². The molecule has 0 aliphatic carbocycles. The lowest BCUT2D eigenvalue weighted by atomic mass is 10.2. The lowest BCUT2D eigenvalue weighted by Gasteiger charge is -1.94. The van der Waals surface area contributed by atoms with Crippen LogP contribution in [-0.2, 0) is 0 Å². The highest BCUT2D eigenvalue weighted by Crippen LogP contribution is 2.21. The Labute approximate surface area is 80.4 Å². The average molecular weight is 191 g/mol. The minimum atomic E-state index is 0.210. The number of benzene rings is 1. The third kappa shape index (κ3) is 1.52. The predicted octanol–water partition coefficient (Wildman–Crippen LogP) is 1.48. The van der Waals surface area contributed by atoms with Crippen molar-refractivity contribution in [3.63, 3.8) is 0 Å². The van der Waals surface area contributed by atoms with Crippen LogP contribution in [0.2, 0.25) is 0 Å². The van der Waals surface area contributed by atoms with Crippen molar-refractivity contribution in [3.8, 4) is 17.2 Å². The standard InChI is InChI=1S/C9H9N3O2/c1-10-9-12-11-8(14-9)6-2-4-7(13)5-3-6/h2-5,13H,1H3,(H,10,12). The Balaban J connectivity index is 2.34. The predicted molar refractivity (Wildman–Crippen MR) is 50.9 cm³/mol. The molecule has 0 saturated carbocycles. The zero-order valence-corrected chi connectivity index (χ0v) is 7.56. The van der Waals surface area contributed by atoms with E-state index in [0.717, 1.165) is 5.56 Å². The lowest BCUT2D eigenvalue weighted by molar-refractivity contribution is 0.475. The van der Waals surface area contributed by atoms with Crippen LogP contribution in [0, 0.1) is 0 Å². The number of phenolic OH excluding ortho intramolecular Hbond substituents is 1. The van der Waals surface area contributed by atoms with Crippen LogP contribution in [-0.4, -0.2) is 22.4 Å². The first kappa shape index (κ1) is 8.55. The molecule has 72 valence electrons. The first-order chi connectivity index (χ1) is 6.79. The Bertz CT molecular complexity index is 422. The van der Waals surface area contributed by atoms with Crippen LogP contribution in [0.15, 0.2) is 28.7 Å². The van der Waals surface area contributed by atoms with Gasteiger partial charge in [-0.05, 0) is 24.3 Å². The second-order valence-electron chi connectivity index (χ2n) is 2.71. The summed E-state index contributed by atoms with van der Waals surface area (Å²) in [4.78, 5) is 0. The van der Waals surface area contributed by atoms with E-state index >= 15 is 0 Å². The van der Waals surface area contributed by atoms with Gasteiger partial charge in [-0.2, -0.15) is 0 Å². The van der Waals surface area contributed by atoms with Gasteiger partial charge in [-0.15, -0.1) is 5.10 Å². The molecule has 0 bridgehead atoms. The molecule has 2 aromatic rings. The molecule has 0 atom stereocenters. The quantitative estimate of drug-likeness (QED) is 0.752. The molecular weight excluding hydrogens is 182 g/mol. The molecule has 1 heterocycles. The molecule has 0 unspecified atom stereocenters. The Morgan fingerprint density at radius 2 is 1.93 bits per heavy atom. The highest BCUT2D eigenvalue weighted by molar-refractivity contribution is 5.54. The Morgan fingerprint density at radius 3 is 2.50 bits per heavy atom. The van der Waals surface area contributed by atoms with Crippen molar-refractivity contribution in [1.82, 2.24) is 10.2 Å². The van der Waals surface area contributed by atoms with Gasteiger partial charge >= 0.3 is 6.01 Å². The van der Waals surface area contributed by atoms with Gasteiger partial charge in [-0.25, -0.2) is 0 Å². The summed E-state index contributed by atoms with van der Waals surface area (Å²) >= 11 is 0. The van der Waals surface area contributed by atoms with Gasteiger partial charge in [0.2, 0.25) is 5.89 Å². The van der Waals surface area contributed by atoms with E-state index in [1.54, 1.807) is 31.3 Å². The fourth-order valence-corrected chi connectivity index (χ4v) is 1.04. The average Bonchev–Trinajstić information content (AvgIpc) is 2.67. The molecule has 2 rings (SSSR count). The Kier molecular flexibility index (Phi) is 2.06. The number of aromatic hydroxyl groups is 1. The zero-order chi connectivity index (χ0) is 9.97. The molecule has 1 aromatic carbocycles. The number of nitrogens with one attached hydrogen (secondary N) is 1. The molecule has 0 radical (unpaired) electrons. The molecule has 0 amide bonds. The minimum absolute atomic E-state index is 0.210. The Morgan fingerprint density at radius 1 is 1.21 bits per heavy atom. The molecule has 14 heavy (non-hydrogen) atoms. The summed E-state index contributed by atoms with van der Waals surface area (Å²) in [7, 11) is 1.70. The summed E-state index contributed by atoms with van der Waals surface area (Å²) in [6, 6.07) is 6.93. The number of nitrogens with zero attached hydrogens (tertiary/aromatic N) is 2. The SMILES string of the molecule is CNc1nnc(-c2ccc(O)cc2)o1. The molecule has 1 aromatic heterocycles.